The molecule has 0 radical (unpaired) electrons. The van der Waals surface area contributed by atoms with Gasteiger partial charge in [-0.05, 0) is 31.9 Å². The normalized spacial score (nSPS) is 22.0. The first kappa shape index (κ1) is 16.5. The van der Waals surface area contributed by atoms with Crippen LogP contribution in [0, 0.1) is 6.92 Å². The van der Waals surface area contributed by atoms with Crippen molar-refractivity contribution in [2.75, 3.05) is 5.75 Å². The van der Waals surface area contributed by atoms with Crippen LogP contribution in [-0.2, 0) is 14.8 Å². The molecule has 1 amide bonds. The van der Waals surface area contributed by atoms with Crippen molar-refractivity contribution >= 4 is 32.9 Å². The predicted molar refractivity (Wildman–Crippen MR) is 92.0 cm³/mol. The second-order valence-corrected chi connectivity index (χ2v) is 8.55. The Labute approximate surface area is 141 Å². The van der Waals surface area contributed by atoms with E-state index in [4.69, 9.17) is 0 Å². The first-order chi connectivity index (χ1) is 11.0. The molecule has 2 aliphatic rings. The van der Waals surface area contributed by atoms with Crippen molar-refractivity contribution in [1.29, 1.82) is 0 Å². The van der Waals surface area contributed by atoms with Crippen LogP contribution < -0.4 is 0 Å². The average molecular weight is 352 g/mol. The number of hydrogen-bond donors (Lipinski definition) is 0. The van der Waals surface area contributed by atoms with E-state index >= 15 is 0 Å². The van der Waals surface area contributed by atoms with Crippen molar-refractivity contribution in [2.24, 2.45) is 4.40 Å². The zero-order valence-corrected chi connectivity index (χ0v) is 14.7. The van der Waals surface area contributed by atoms with Gasteiger partial charge in [-0.15, -0.1) is 4.40 Å². The van der Waals surface area contributed by atoms with Crippen LogP contribution in [0.2, 0.25) is 0 Å². The number of sulfonamides is 1. The van der Waals surface area contributed by atoms with Crippen LogP contribution in [0.4, 0.5) is 0 Å². The van der Waals surface area contributed by atoms with E-state index in [-0.39, 0.29) is 22.6 Å². The van der Waals surface area contributed by atoms with Crippen molar-refractivity contribution < 1.29 is 13.2 Å². The fourth-order valence-corrected chi connectivity index (χ4v) is 5.17. The standard InChI is InChI=1S/C16H20N2O3S2/c1-12-7-9-14(10-8-12)23(20,21)17-16-18(15(19)11-22-16)13-5-3-2-4-6-13/h7-10,13H,2-6,11H2,1H3/b17-16+. The van der Waals surface area contributed by atoms with Gasteiger partial charge in [0.25, 0.3) is 10.0 Å². The summed E-state index contributed by atoms with van der Waals surface area (Å²) < 4.78 is 29.0. The maximum Gasteiger partial charge on any atom is 0.284 e. The van der Waals surface area contributed by atoms with Crippen LogP contribution in [0.15, 0.2) is 33.6 Å². The van der Waals surface area contributed by atoms with E-state index < -0.39 is 10.0 Å². The van der Waals surface area contributed by atoms with E-state index in [0.717, 1.165) is 31.2 Å². The zero-order valence-electron chi connectivity index (χ0n) is 13.1. The molecule has 1 aliphatic heterocycles. The first-order valence-electron chi connectivity index (χ1n) is 7.84. The minimum Gasteiger partial charge on any atom is -0.287 e. The quantitative estimate of drug-likeness (QED) is 0.839. The lowest BCUT2D eigenvalue weighted by Gasteiger charge is -2.30. The molecule has 0 atom stereocenters. The van der Waals surface area contributed by atoms with Crippen LogP contribution in [0.1, 0.15) is 37.7 Å². The Balaban J connectivity index is 1.90. The summed E-state index contributed by atoms with van der Waals surface area (Å²) in [6.07, 6.45) is 5.19. The number of amides is 1. The van der Waals surface area contributed by atoms with Crippen LogP contribution in [0.3, 0.4) is 0 Å². The molecule has 124 valence electrons. The lowest BCUT2D eigenvalue weighted by atomic mass is 9.94. The molecule has 23 heavy (non-hydrogen) atoms. The molecule has 1 heterocycles. The molecular weight excluding hydrogens is 332 g/mol. The van der Waals surface area contributed by atoms with Crippen LogP contribution in [-0.4, -0.2) is 36.2 Å². The first-order valence-corrected chi connectivity index (χ1v) is 10.3. The third kappa shape index (κ3) is 3.61. The minimum absolute atomic E-state index is 0.0280. The molecular formula is C16H20N2O3S2. The van der Waals surface area contributed by atoms with Crippen molar-refractivity contribution in [1.82, 2.24) is 4.90 Å². The summed E-state index contributed by atoms with van der Waals surface area (Å²) in [4.78, 5) is 14.0. The number of carbonyl (C=O) groups is 1. The highest BCUT2D eigenvalue weighted by Gasteiger charge is 2.36. The molecule has 0 spiro atoms. The van der Waals surface area contributed by atoms with Gasteiger partial charge < -0.3 is 0 Å². The van der Waals surface area contributed by atoms with Crippen molar-refractivity contribution in [3.63, 3.8) is 0 Å². The van der Waals surface area contributed by atoms with Gasteiger partial charge in [-0.3, -0.25) is 9.69 Å². The summed E-state index contributed by atoms with van der Waals surface area (Å²) in [6.45, 7) is 1.90. The molecule has 0 bridgehead atoms. The molecule has 0 aromatic heterocycles. The van der Waals surface area contributed by atoms with Gasteiger partial charge in [0.15, 0.2) is 5.17 Å². The smallest absolute Gasteiger partial charge is 0.284 e. The summed E-state index contributed by atoms with van der Waals surface area (Å²) in [5, 5.41) is 0.336. The summed E-state index contributed by atoms with van der Waals surface area (Å²) in [6, 6.07) is 6.71. The van der Waals surface area contributed by atoms with Gasteiger partial charge in [0.1, 0.15) is 0 Å². The number of rotatable bonds is 3. The van der Waals surface area contributed by atoms with Crippen molar-refractivity contribution in [3.8, 4) is 0 Å². The Bertz CT molecular complexity index is 720. The minimum atomic E-state index is -3.78. The fourth-order valence-electron chi connectivity index (χ4n) is 3.01. The number of amidine groups is 1. The summed E-state index contributed by atoms with van der Waals surface area (Å²) >= 11 is 1.22. The number of hydrogen-bond acceptors (Lipinski definition) is 4. The van der Waals surface area contributed by atoms with Gasteiger partial charge in [-0.25, -0.2) is 0 Å². The SMILES string of the molecule is Cc1ccc(S(=O)(=O)/N=C2/SCC(=O)N2C2CCCCC2)cc1. The fraction of sp³-hybridized carbons (Fsp3) is 0.500. The maximum atomic E-state index is 12.5. The lowest BCUT2D eigenvalue weighted by Crippen LogP contribution is -2.41. The third-order valence-electron chi connectivity index (χ3n) is 4.26. The predicted octanol–water partition coefficient (Wildman–Crippen LogP) is 2.95. The molecule has 1 saturated heterocycles. The molecule has 1 saturated carbocycles. The highest BCUT2D eigenvalue weighted by molar-refractivity contribution is 8.15. The summed E-state index contributed by atoms with van der Waals surface area (Å²) in [5.41, 5.74) is 0.992. The molecule has 0 unspecified atom stereocenters. The van der Waals surface area contributed by atoms with E-state index in [1.807, 2.05) is 6.92 Å². The van der Waals surface area contributed by atoms with Gasteiger partial charge in [-0.1, -0.05) is 48.7 Å². The van der Waals surface area contributed by atoms with E-state index in [1.165, 1.54) is 18.2 Å². The highest BCUT2D eigenvalue weighted by Crippen LogP contribution is 2.31. The molecule has 3 rings (SSSR count). The Morgan fingerprint density at radius 3 is 2.43 bits per heavy atom. The zero-order chi connectivity index (χ0) is 16.4. The molecule has 1 aromatic rings. The maximum absolute atomic E-state index is 12.5. The van der Waals surface area contributed by atoms with Gasteiger partial charge in [0, 0.05) is 6.04 Å². The Morgan fingerprint density at radius 2 is 1.78 bits per heavy atom. The monoisotopic (exact) mass is 352 g/mol. The van der Waals surface area contributed by atoms with E-state index in [0.29, 0.717) is 5.17 Å². The second kappa shape index (κ2) is 6.65. The Morgan fingerprint density at radius 1 is 1.13 bits per heavy atom. The summed E-state index contributed by atoms with van der Waals surface area (Å²) in [5.74, 6) is 0.249. The largest absolute Gasteiger partial charge is 0.287 e. The molecule has 1 aliphatic carbocycles. The number of nitrogens with zero attached hydrogens (tertiary/aromatic N) is 2. The molecule has 1 aromatic carbocycles. The average Bonchev–Trinajstić information content (AvgIpc) is 2.88. The van der Waals surface area contributed by atoms with E-state index in [2.05, 4.69) is 4.40 Å². The molecule has 7 heteroatoms. The number of aryl methyl sites for hydroxylation is 1. The van der Waals surface area contributed by atoms with E-state index in [9.17, 15) is 13.2 Å². The third-order valence-corrected chi connectivity index (χ3v) is 6.59. The topological polar surface area (TPSA) is 66.8 Å². The van der Waals surface area contributed by atoms with Crippen molar-refractivity contribution in [3.05, 3.63) is 29.8 Å². The number of carbonyl (C=O) groups excluding carboxylic acids is 1. The Hall–Kier alpha value is -1.34. The van der Waals surface area contributed by atoms with Gasteiger partial charge >= 0.3 is 0 Å². The second-order valence-electron chi connectivity index (χ2n) is 6.01. The molecule has 5 nitrogen and oxygen atoms in total. The van der Waals surface area contributed by atoms with Gasteiger partial charge in [-0.2, -0.15) is 8.42 Å². The van der Waals surface area contributed by atoms with E-state index in [1.54, 1.807) is 29.2 Å². The van der Waals surface area contributed by atoms with Crippen LogP contribution in [0.5, 0.6) is 0 Å². The van der Waals surface area contributed by atoms with Gasteiger partial charge in [0.05, 0.1) is 10.6 Å². The van der Waals surface area contributed by atoms with Gasteiger partial charge in [0.2, 0.25) is 5.91 Å². The molecule has 2 fully saturated rings. The number of benzene rings is 1. The summed E-state index contributed by atoms with van der Waals surface area (Å²) in [7, 11) is -3.78. The lowest BCUT2D eigenvalue weighted by molar-refractivity contribution is -0.126. The highest BCUT2D eigenvalue weighted by atomic mass is 32.2. The molecule has 0 N–H and O–H groups in total. The van der Waals surface area contributed by atoms with Crippen LogP contribution >= 0.6 is 11.8 Å². The Kier molecular flexibility index (Phi) is 4.77. The number of thioether (sulfide) groups is 1. The van der Waals surface area contributed by atoms with Crippen LogP contribution in [0.25, 0.3) is 0 Å². The van der Waals surface area contributed by atoms with Crippen molar-refractivity contribution in [2.45, 2.75) is 50.0 Å².